The Morgan fingerprint density at radius 2 is 1.96 bits per heavy atom. The van der Waals surface area contributed by atoms with Crippen LogP contribution >= 0.6 is 0 Å². The molecule has 4 rings (SSSR count). The van der Waals surface area contributed by atoms with Crippen molar-refractivity contribution in [3.8, 4) is 11.5 Å². The Bertz CT molecular complexity index is 900. The van der Waals surface area contributed by atoms with Crippen molar-refractivity contribution in [2.24, 2.45) is 0 Å². The zero-order chi connectivity index (χ0) is 15.8. The van der Waals surface area contributed by atoms with Crippen molar-refractivity contribution in [3.63, 3.8) is 0 Å². The molecular formula is C14H13N7O2. The van der Waals surface area contributed by atoms with E-state index in [0.29, 0.717) is 29.2 Å². The molecule has 3 heterocycles. The lowest BCUT2D eigenvalue weighted by Crippen LogP contribution is -2.07. The largest absolute Gasteiger partial charge is 0.454 e. The number of hydrogen-bond donors (Lipinski definition) is 3. The van der Waals surface area contributed by atoms with Crippen LogP contribution in [0.4, 0.5) is 17.5 Å². The highest BCUT2D eigenvalue weighted by Gasteiger charge is 2.13. The molecule has 0 bridgehead atoms. The number of anilines is 3. The summed E-state index contributed by atoms with van der Waals surface area (Å²) in [5, 5.41) is 3.24. The molecule has 5 N–H and O–H groups in total. The van der Waals surface area contributed by atoms with E-state index in [4.69, 9.17) is 20.9 Å². The minimum absolute atomic E-state index is 0.0792. The zero-order valence-electron chi connectivity index (χ0n) is 12.0. The molecule has 2 aromatic heterocycles. The van der Waals surface area contributed by atoms with E-state index < -0.39 is 0 Å². The summed E-state index contributed by atoms with van der Waals surface area (Å²) < 4.78 is 10.6. The van der Waals surface area contributed by atoms with Gasteiger partial charge in [-0.15, -0.1) is 0 Å². The molecule has 0 fully saturated rings. The van der Waals surface area contributed by atoms with Crippen LogP contribution in [0.2, 0.25) is 0 Å². The Morgan fingerprint density at radius 1 is 1.09 bits per heavy atom. The Hall–Kier alpha value is -3.36. The molecule has 1 aliphatic heterocycles. The third-order valence-corrected chi connectivity index (χ3v) is 3.35. The lowest BCUT2D eigenvalue weighted by atomic mass is 10.2. The quantitative estimate of drug-likeness (QED) is 0.645. The highest BCUT2D eigenvalue weighted by molar-refractivity contribution is 5.81. The summed E-state index contributed by atoms with van der Waals surface area (Å²) in [6.07, 6.45) is 1.62. The lowest BCUT2D eigenvalue weighted by Gasteiger charge is -2.08. The van der Waals surface area contributed by atoms with Gasteiger partial charge in [-0.1, -0.05) is 0 Å². The number of fused-ring (bicyclic) bond motifs is 2. The Morgan fingerprint density at radius 3 is 2.87 bits per heavy atom. The second-order valence-corrected chi connectivity index (χ2v) is 4.92. The molecule has 3 aromatic rings. The molecule has 0 atom stereocenters. The van der Waals surface area contributed by atoms with Crippen molar-refractivity contribution in [1.29, 1.82) is 0 Å². The first-order valence-electron chi connectivity index (χ1n) is 6.87. The average Bonchev–Trinajstić information content (AvgIpc) is 3.00. The van der Waals surface area contributed by atoms with Crippen molar-refractivity contribution in [2.45, 2.75) is 6.54 Å². The van der Waals surface area contributed by atoms with E-state index in [1.165, 1.54) is 0 Å². The van der Waals surface area contributed by atoms with Crippen molar-refractivity contribution < 1.29 is 9.47 Å². The summed E-state index contributed by atoms with van der Waals surface area (Å²) >= 11 is 0. The number of nitrogen functional groups attached to an aromatic ring is 2. The fourth-order valence-corrected chi connectivity index (χ4v) is 2.27. The molecule has 0 saturated heterocycles. The molecular weight excluding hydrogens is 298 g/mol. The van der Waals surface area contributed by atoms with E-state index in [1.807, 2.05) is 18.2 Å². The van der Waals surface area contributed by atoms with E-state index in [-0.39, 0.29) is 18.6 Å². The minimum atomic E-state index is 0.0792. The van der Waals surface area contributed by atoms with E-state index in [0.717, 1.165) is 11.4 Å². The summed E-state index contributed by atoms with van der Waals surface area (Å²) in [5.41, 5.74) is 13.7. The fourth-order valence-electron chi connectivity index (χ4n) is 2.27. The summed E-state index contributed by atoms with van der Waals surface area (Å²) in [6, 6.07) is 5.63. The van der Waals surface area contributed by atoms with Gasteiger partial charge in [-0.05, 0) is 12.1 Å². The molecule has 1 aromatic carbocycles. The first-order chi connectivity index (χ1) is 11.2. The first-order valence-corrected chi connectivity index (χ1v) is 6.87. The van der Waals surface area contributed by atoms with E-state index in [2.05, 4.69) is 25.3 Å². The number of nitrogens with one attached hydrogen (secondary N) is 1. The predicted molar refractivity (Wildman–Crippen MR) is 83.8 cm³/mol. The molecule has 9 heteroatoms. The van der Waals surface area contributed by atoms with Gasteiger partial charge in [0.1, 0.15) is 0 Å². The Labute approximate surface area is 130 Å². The molecule has 0 saturated carbocycles. The topological polar surface area (TPSA) is 134 Å². The Kier molecular flexibility index (Phi) is 2.97. The van der Waals surface area contributed by atoms with Crippen LogP contribution in [0.5, 0.6) is 11.5 Å². The van der Waals surface area contributed by atoms with Crippen LogP contribution in [0.25, 0.3) is 11.2 Å². The third kappa shape index (κ3) is 2.48. The number of hydrogen-bond acceptors (Lipinski definition) is 9. The van der Waals surface area contributed by atoms with Crippen LogP contribution < -0.4 is 26.3 Å². The maximum atomic E-state index is 5.81. The van der Waals surface area contributed by atoms with E-state index in [1.54, 1.807) is 6.20 Å². The number of aromatic nitrogens is 4. The number of ether oxygens (including phenoxy) is 2. The minimum Gasteiger partial charge on any atom is -0.454 e. The smallest absolute Gasteiger partial charge is 0.231 e. The van der Waals surface area contributed by atoms with Crippen LogP contribution in [0.15, 0.2) is 24.4 Å². The molecule has 0 amide bonds. The number of nitrogens with zero attached hydrogens (tertiary/aromatic N) is 4. The fraction of sp³-hybridized carbons (Fsp3) is 0.143. The van der Waals surface area contributed by atoms with Crippen molar-refractivity contribution in [1.82, 2.24) is 19.9 Å². The van der Waals surface area contributed by atoms with Gasteiger partial charge in [-0.25, -0.2) is 9.97 Å². The van der Waals surface area contributed by atoms with Gasteiger partial charge in [-0.3, -0.25) is 0 Å². The van der Waals surface area contributed by atoms with Crippen molar-refractivity contribution >= 4 is 28.6 Å². The predicted octanol–water partition coefficient (Wildman–Crippen LogP) is 0.925. The molecule has 9 nitrogen and oxygen atoms in total. The van der Waals surface area contributed by atoms with Gasteiger partial charge in [0, 0.05) is 11.8 Å². The number of benzene rings is 1. The summed E-state index contributed by atoms with van der Waals surface area (Å²) in [7, 11) is 0. The standard InChI is InChI=1S/C14H13N7O2/c15-12-11-13(21-14(16)20-12)18-5-8(19-11)4-17-7-1-2-9-10(3-7)23-6-22-9/h1-3,5,17H,4,6H2,(H4,15,16,18,20,21). The number of nitrogens with two attached hydrogens (primary N) is 2. The Balaban J connectivity index is 1.56. The molecule has 0 spiro atoms. The third-order valence-electron chi connectivity index (χ3n) is 3.35. The van der Waals surface area contributed by atoms with Gasteiger partial charge < -0.3 is 26.3 Å². The van der Waals surface area contributed by atoms with E-state index >= 15 is 0 Å². The SMILES string of the molecule is Nc1nc(N)c2nc(CNc3ccc4c(c3)OCO4)cnc2n1. The van der Waals surface area contributed by atoms with Crippen LogP contribution in [0.3, 0.4) is 0 Å². The van der Waals surface area contributed by atoms with Crippen LogP contribution in [0, 0.1) is 0 Å². The molecule has 23 heavy (non-hydrogen) atoms. The first kappa shape index (κ1) is 13.3. The highest BCUT2D eigenvalue weighted by Crippen LogP contribution is 2.34. The maximum Gasteiger partial charge on any atom is 0.231 e. The molecule has 1 aliphatic rings. The van der Waals surface area contributed by atoms with E-state index in [9.17, 15) is 0 Å². The average molecular weight is 311 g/mol. The lowest BCUT2D eigenvalue weighted by molar-refractivity contribution is 0.174. The normalized spacial score (nSPS) is 12.5. The van der Waals surface area contributed by atoms with Crippen molar-refractivity contribution in [3.05, 3.63) is 30.1 Å². The van der Waals surface area contributed by atoms with Gasteiger partial charge in [0.25, 0.3) is 0 Å². The second kappa shape index (κ2) is 5.13. The monoisotopic (exact) mass is 311 g/mol. The van der Waals surface area contributed by atoms with Gasteiger partial charge in [-0.2, -0.15) is 9.97 Å². The summed E-state index contributed by atoms with van der Waals surface area (Å²) in [6.45, 7) is 0.712. The van der Waals surface area contributed by atoms with Gasteiger partial charge in [0.05, 0.1) is 18.4 Å². The van der Waals surface area contributed by atoms with Crippen LogP contribution in [-0.4, -0.2) is 26.7 Å². The summed E-state index contributed by atoms with van der Waals surface area (Å²) in [5.74, 6) is 1.75. The molecule has 0 radical (unpaired) electrons. The van der Waals surface area contributed by atoms with Crippen LogP contribution in [-0.2, 0) is 6.54 Å². The van der Waals surface area contributed by atoms with Gasteiger partial charge >= 0.3 is 0 Å². The van der Waals surface area contributed by atoms with Gasteiger partial charge in [0.15, 0.2) is 28.5 Å². The second-order valence-electron chi connectivity index (χ2n) is 4.92. The molecule has 0 unspecified atom stereocenters. The van der Waals surface area contributed by atoms with Crippen molar-refractivity contribution in [2.75, 3.05) is 23.6 Å². The highest BCUT2D eigenvalue weighted by atomic mass is 16.7. The zero-order valence-corrected chi connectivity index (χ0v) is 12.0. The molecule has 116 valence electrons. The van der Waals surface area contributed by atoms with Crippen LogP contribution in [0.1, 0.15) is 5.69 Å². The molecule has 0 aliphatic carbocycles. The summed E-state index contributed by atoms with van der Waals surface area (Å²) in [4.78, 5) is 16.5. The number of rotatable bonds is 3. The maximum absolute atomic E-state index is 5.81. The van der Waals surface area contributed by atoms with Gasteiger partial charge in [0.2, 0.25) is 12.7 Å².